The Labute approximate surface area is 202 Å². The maximum atomic E-state index is 11.7. The quantitative estimate of drug-likeness (QED) is 0.145. The Hall–Kier alpha value is -2.00. The average molecular weight is 537 g/mol. The zero-order valence-electron chi connectivity index (χ0n) is 18.8. The molecule has 32 heavy (non-hydrogen) atoms. The molecule has 0 aliphatic carbocycles. The van der Waals surface area contributed by atoms with Crippen LogP contribution in [0.4, 0.5) is 11.4 Å². The van der Waals surface area contributed by atoms with Crippen LogP contribution in [0.25, 0.3) is 10.9 Å². The first-order chi connectivity index (χ1) is 14.9. The van der Waals surface area contributed by atoms with Gasteiger partial charge in [-0.15, -0.1) is 0 Å². The maximum Gasteiger partial charge on any atom is 0.329 e. The summed E-state index contributed by atoms with van der Waals surface area (Å²) in [4.78, 5) is 15.3. The molecule has 9 heteroatoms. The number of aromatic nitrogens is 1. The Morgan fingerprint density at radius 1 is 1.16 bits per heavy atom. The van der Waals surface area contributed by atoms with E-state index < -0.39 is 13.2 Å². The average Bonchev–Trinajstić information content (AvgIpc) is 2.69. The molecule has 0 unspecified atom stereocenters. The predicted octanol–water partition coefficient (Wildman–Crippen LogP) is 7.69. The fourth-order valence-electron chi connectivity index (χ4n) is 2.97. The summed E-state index contributed by atoms with van der Waals surface area (Å²) in [5.74, 6) is 0. The van der Waals surface area contributed by atoms with Crippen LogP contribution in [0.2, 0.25) is 23.3 Å². The molecule has 0 amide bonds. The van der Waals surface area contributed by atoms with Gasteiger partial charge in [-0.05, 0) is 47.5 Å². The van der Waals surface area contributed by atoms with E-state index in [4.69, 9.17) is 16.0 Å². The van der Waals surface area contributed by atoms with E-state index in [1.807, 2.05) is 30.3 Å². The molecular weight excluding hydrogens is 510 g/mol. The Bertz CT molecular complexity index is 1150. The van der Waals surface area contributed by atoms with Crippen molar-refractivity contribution >= 4 is 58.1 Å². The highest BCUT2D eigenvalue weighted by atomic mass is 79.9. The highest BCUT2D eigenvalue weighted by Crippen LogP contribution is 2.39. The Morgan fingerprint density at radius 3 is 2.38 bits per heavy atom. The largest absolute Gasteiger partial charge is 0.413 e. The van der Waals surface area contributed by atoms with Crippen molar-refractivity contribution in [3.8, 4) is 0 Å². The van der Waals surface area contributed by atoms with Crippen LogP contribution >= 0.6 is 27.5 Å². The van der Waals surface area contributed by atoms with Crippen molar-refractivity contribution in [1.29, 1.82) is 0 Å². The van der Waals surface area contributed by atoms with Gasteiger partial charge in [0.05, 0.1) is 17.0 Å². The lowest BCUT2D eigenvalue weighted by molar-refractivity contribution is -0.384. The minimum absolute atomic E-state index is 0.138. The van der Waals surface area contributed by atoms with E-state index in [1.165, 1.54) is 0 Å². The first-order valence-electron chi connectivity index (χ1n) is 10.3. The van der Waals surface area contributed by atoms with E-state index in [0.717, 1.165) is 15.6 Å². The van der Waals surface area contributed by atoms with Gasteiger partial charge in [-0.3, -0.25) is 10.1 Å². The summed E-state index contributed by atoms with van der Waals surface area (Å²) < 4.78 is 7.11. The number of anilines is 1. The maximum absolute atomic E-state index is 11.7. The van der Waals surface area contributed by atoms with Gasteiger partial charge in [-0.25, -0.2) is 4.98 Å². The van der Waals surface area contributed by atoms with Crippen LogP contribution in [0.3, 0.4) is 0 Å². The molecule has 0 aliphatic heterocycles. The van der Waals surface area contributed by atoms with E-state index in [1.54, 1.807) is 12.1 Å². The number of halogens is 2. The number of nitrogens with one attached hydrogen (secondary N) is 1. The number of hydrogen-bond donors (Lipinski definition) is 1. The fourth-order valence-corrected chi connectivity index (χ4v) is 4.53. The number of fused-ring (bicyclic) bond motifs is 1. The molecule has 1 N–H and O–H groups in total. The Balaban J connectivity index is 1.78. The molecule has 0 spiro atoms. The van der Waals surface area contributed by atoms with Crippen molar-refractivity contribution in [2.24, 2.45) is 0 Å². The molecular formula is C23H27BrClN3O3Si. The van der Waals surface area contributed by atoms with Crippen molar-refractivity contribution in [3.63, 3.8) is 0 Å². The number of nitro groups is 1. The van der Waals surface area contributed by atoms with Crippen LogP contribution in [0.1, 0.15) is 31.9 Å². The second kappa shape index (κ2) is 9.47. The van der Waals surface area contributed by atoms with Crippen molar-refractivity contribution in [2.75, 3.05) is 5.32 Å². The topological polar surface area (TPSA) is 77.3 Å². The van der Waals surface area contributed by atoms with Crippen molar-refractivity contribution < 1.29 is 9.35 Å². The van der Waals surface area contributed by atoms with E-state index in [0.29, 0.717) is 29.7 Å². The summed E-state index contributed by atoms with van der Waals surface area (Å²) in [5, 5.41) is 15.5. The summed E-state index contributed by atoms with van der Waals surface area (Å²) in [5.41, 5.74) is 2.82. The standard InChI is InChI=1S/C23H27BrClN3O3Si/c1-23(2,3)32(4,5)31-14-16-8-6-15(7-9-16)13-26-20-18-11-10-17(24)12-19(18)27-22(25)21(20)28(29)30/h6-12H,13-14H2,1-5H3,(H,26,27). The minimum atomic E-state index is -1.81. The number of hydrogen-bond acceptors (Lipinski definition) is 5. The van der Waals surface area contributed by atoms with Crippen LogP contribution in [0, 0.1) is 10.1 Å². The van der Waals surface area contributed by atoms with Crippen LogP contribution in [0.15, 0.2) is 46.9 Å². The molecule has 0 aliphatic rings. The lowest BCUT2D eigenvalue weighted by Gasteiger charge is -2.36. The Morgan fingerprint density at radius 2 is 1.78 bits per heavy atom. The van der Waals surface area contributed by atoms with Gasteiger partial charge in [-0.1, -0.05) is 72.6 Å². The molecule has 0 fully saturated rings. The molecule has 2 aromatic carbocycles. The van der Waals surface area contributed by atoms with Crippen LogP contribution in [-0.4, -0.2) is 18.2 Å². The van der Waals surface area contributed by atoms with E-state index >= 15 is 0 Å². The van der Waals surface area contributed by atoms with Gasteiger partial charge in [0.2, 0.25) is 5.15 Å². The van der Waals surface area contributed by atoms with Gasteiger partial charge in [0.15, 0.2) is 8.32 Å². The van der Waals surface area contributed by atoms with Crippen LogP contribution in [0.5, 0.6) is 0 Å². The SMILES string of the molecule is CC(C)(C)[Si](C)(C)OCc1ccc(CNc2c([N+](=O)[O-])c(Cl)nc3cc(Br)ccc23)cc1. The van der Waals surface area contributed by atoms with Crippen molar-refractivity contribution in [3.05, 3.63) is 73.3 Å². The molecule has 170 valence electrons. The molecule has 1 aromatic heterocycles. The number of pyridine rings is 1. The van der Waals surface area contributed by atoms with Gasteiger partial charge in [0, 0.05) is 16.4 Å². The number of benzene rings is 2. The molecule has 0 atom stereocenters. The number of rotatable bonds is 7. The van der Waals surface area contributed by atoms with Crippen molar-refractivity contribution in [1.82, 2.24) is 4.98 Å². The fraction of sp³-hybridized carbons (Fsp3) is 0.348. The normalized spacial score (nSPS) is 12.2. The highest BCUT2D eigenvalue weighted by molar-refractivity contribution is 9.10. The summed E-state index contributed by atoms with van der Waals surface area (Å²) in [6.45, 7) is 12.1. The number of nitrogens with zero attached hydrogens (tertiary/aromatic N) is 2. The van der Waals surface area contributed by atoms with Crippen LogP contribution in [-0.2, 0) is 17.6 Å². The smallest absolute Gasteiger partial charge is 0.329 e. The molecule has 6 nitrogen and oxygen atoms in total. The van der Waals surface area contributed by atoms with E-state index in [9.17, 15) is 10.1 Å². The summed E-state index contributed by atoms with van der Waals surface area (Å²) in [6.07, 6.45) is 0. The summed E-state index contributed by atoms with van der Waals surface area (Å²) >= 11 is 9.54. The molecule has 0 saturated heterocycles. The van der Waals surface area contributed by atoms with Gasteiger partial charge in [0.1, 0.15) is 5.69 Å². The third-order valence-corrected chi connectivity index (χ3v) is 11.2. The van der Waals surface area contributed by atoms with E-state index in [-0.39, 0.29) is 15.9 Å². The first-order valence-corrected chi connectivity index (χ1v) is 14.4. The monoisotopic (exact) mass is 535 g/mol. The van der Waals surface area contributed by atoms with E-state index in [2.05, 4.69) is 60.1 Å². The van der Waals surface area contributed by atoms with Gasteiger partial charge in [-0.2, -0.15) is 0 Å². The van der Waals surface area contributed by atoms with Gasteiger partial charge < -0.3 is 9.74 Å². The third kappa shape index (κ3) is 5.48. The molecule has 3 rings (SSSR count). The third-order valence-electron chi connectivity index (χ3n) is 5.96. The summed E-state index contributed by atoms with van der Waals surface area (Å²) in [7, 11) is -1.81. The molecule has 0 saturated carbocycles. The lowest BCUT2D eigenvalue weighted by Crippen LogP contribution is -2.40. The van der Waals surface area contributed by atoms with Gasteiger partial charge in [0.25, 0.3) is 0 Å². The second-order valence-corrected chi connectivity index (χ2v) is 15.3. The molecule has 0 bridgehead atoms. The first kappa shape index (κ1) is 24.6. The zero-order chi connectivity index (χ0) is 23.7. The Kier molecular flexibility index (Phi) is 7.29. The molecule has 0 radical (unpaired) electrons. The molecule has 1 heterocycles. The second-order valence-electron chi connectivity index (χ2n) is 9.26. The minimum Gasteiger partial charge on any atom is -0.413 e. The van der Waals surface area contributed by atoms with Crippen LogP contribution < -0.4 is 5.32 Å². The predicted molar refractivity (Wildman–Crippen MR) is 137 cm³/mol. The zero-order valence-corrected chi connectivity index (χ0v) is 22.2. The highest BCUT2D eigenvalue weighted by Gasteiger charge is 2.37. The summed E-state index contributed by atoms with van der Waals surface area (Å²) in [6, 6.07) is 13.5. The lowest BCUT2D eigenvalue weighted by atomic mass is 10.1. The van der Waals surface area contributed by atoms with Crippen molar-refractivity contribution in [2.45, 2.75) is 52.1 Å². The molecule has 3 aromatic rings. The van der Waals surface area contributed by atoms with Gasteiger partial charge >= 0.3 is 5.69 Å².